The van der Waals surface area contributed by atoms with Gasteiger partial charge >= 0.3 is 0 Å². The lowest BCUT2D eigenvalue weighted by molar-refractivity contribution is -0.130. The fourth-order valence-electron chi connectivity index (χ4n) is 3.78. The molecule has 2 amide bonds. The van der Waals surface area contributed by atoms with Crippen molar-refractivity contribution in [3.05, 3.63) is 0 Å². The number of hydrogen-bond acceptors (Lipinski definition) is 3. The van der Waals surface area contributed by atoms with Crippen molar-refractivity contribution >= 4 is 11.8 Å². The number of likely N-dealkylation sites (tertiary alicyclic amines) is 1. The molecule has 2 unspecified atom stereocenters. The normalized spacial score (nSPS) is 31.8. The van der Waals surface area contributed by atoms with Crippen LogP contribution in [0.1, 0.15) is 51.4 Å². The van der Waals surface area contributed by atoms with E-state index in [4.69, 9.17) is 0 Å². The van der Waals surface area contributed by atoms with Crippen molar-refractivity contribution in [2.75, 3.05) is 13.1 Å². The molecule has 112 valence electrons. The minimum absolute atomic E-state index is 0.0133. The highest BCUT2D eigenvalue weighted by atomic mass is 16.2. The molecule has 2 atom stereocenters. The van der Waals surface area contributed by atoms with Gasteiger partial charge in [0.15, 0.2) is 0 Å². The van der Waals surface area contributed by atoms with Crippen LogP contribution in [0.5, 0.6) is 0 Å². The van der Waals surface area contributed by atoms with Crippen molar-refractivity contribution in [2.24, 2.45) is 0 Å². The summed E-state index contributed by atoms with van der Waals surface area (Å²) in [6.45, 7) is 1.64. The van der Waals surface area contributed by atoms with E-state index in [2.05, 4.69) is 10.6 Å². The second kappa shape index (κ2) is 6.12. The number of amides is 2. The van der Waals surface area contributed by atoms with Crippen LogP contribution in [0, 0.1) is 0 Å². The summed E-state index contributed by atoms with van der Waals surface area (Å²) in [6.07, 6.45) is 8.50. The lowest BCUT2D eigenvalue weighted by atomic mass is 9.94. The number of nitrogens with zero attached hydrogens (tertiary/aromatic N) is 1. The zero-order valence-corrected chi connectivity index (χ0v) is 12.1. The van der Waals surface area contributed by atoms with Crippen LogP contribution in [-0.4, -0.2) is 47.9 Å². The molecule has 2 N–H and O–H groups in total. The number of rotatable bonds is 3. The lowest BCUT2D eigenvalue weighted by Crippen LogP contribution is -2.46. The van der Waals surface area contributed by atoms with Crippen LogP contribution in [0.2, 0.25) is 0 Å². The highest BCUT2D eigenvalue weighted by Crippen LogP contribution is 2.26. The summed E-state index contributed by atoms with van der Waals surface area (Å²) in [5.41, 5.74) is 0. The maximum atomic E-state index is 12.1. The van der Waals surface area contributed by atoms with Crippen LogP contribution in [0.15, 0.2) is 0 Å². The van der Waals surface area contributed by atoms with Gasteiger partial charge in [-0.15, -0.1) is 0 Å². The first-order valence-electron chi connectivity index (χ1n) is 8.07. The first-order valence-corrected chi connectivity index (χ1v) is 8.07. The van der Waals surface area contributed by atoms with Crippen molar-refractivity contribution in [2.45, 2.75) is 69.5 Å². The Labute approximate surface area is 120 Å². The molecule has 2 aliphatic heterocycles. The molecule has 0 bridgehead atoms. The summed E-state index contributed by atoms with van der Waals surface area (Å²) in [6, 6.07) is 0.385. The SMILES string of the molecule is O=C(NC1CC(=O)N(C2CCCCC2)C1)C1CCCN1. The van der Waals surface area contributed by atoms with Gasteiger partial charge in [-0.05, 0) is 32.2 Å². The van der Waals surface area contributed by atoms with E-state index in [1.165, 1.54) is 19.3 Å². The fraction of sp³-hybridized carbons (Fsp3) is 0.867. The second-order valence-corrected chi connectivity index (χ2v) is 6.40. The van der Waals surface area contributed by atoms with Crippen LogP contribution < -0.4 is 10.6 Å². The Bertz CT molecular complexity index is 373. The van der Waals surface area contributed by atoms with E-state index in [9.17, 15) is 9.59 Å². The molecule has 1 aliphatic carbocycles. The largest absolute Gasteiger partial charge is 0.350 e. The van der Waals surface area contributed by atoms with Crippen LogP contribution in [0.25, 0.3) is 0 Å². The van der Waals surface area contributed by atoms with Gasteiger partial charge in [0.2, 0.25) is 11.8 Å². The van der Waals surface area contributed by atoms with Gasteiger partial charge < -0.3 is 15.5 Å². The Morgan fingerprint density at radius 3 is 2.65 bits per heavy atom. The zero-order valence-electron chi connectivity index (χ0n) is 12.1. The van der Waals surface area contributed by atoms with Crippen molar-refractivity contribution < 1.29 is 9.59 Å². The van der Waals surface area contributed by atoms with E-state index in [0.29, 0.717) is 19.0 Å². The van der Waals surface area contributed by atoms with Gasteiger partial charge in [0.1, 0.15) is 0 Å². The lowest BCUT2D eigenvalue weighted by Gasteiger charge is -2.31. The van der Waals surface area contributed by atoms with E-state index in [-0.39, 0.29) is 23.9 Å². The van der Waals surface area contributed by atoms with Gasteiger partial charge in [-0.25, -0.2) is 0 Å². The Balaban J connectivity index is 1.52. The molecule has 3 rings (SSSR count). The van der Waals surface area contributed by atoms with E-state index in [1.54, 1.807) is 0 Å². The Hall–Kier alpha value is -1.10. The summed E-state index contributed by atoms with van der Waals surface area (Å²) in [4.78, 5) is 26.3. The molecule has 0 spiro atoms. The Morgan fingerprint density at radius 2 is 1.95 bits per heavy atom. The standard InChI is InChI=1S/C15H25N3O2/c19-14-9-11(17-15(20)13-7-4-8-16-13)10-18(14)12-5-2-1-3-6-12/h11-13,16H,1-10H2,(H,17,20). The summed E-state index contributed by atoms with van der Waals surface area (Å²) >= 11 is 0. The maximum absolute atomic E-state index is 12.1. The highest BCUT2D eigenvalue weighted by molar-refractivity contribution is 5.85. The minimum atomic E-state index is -0.0474. The molecule has 0 aromatic heterocycles. The van der Waals surface area contributed by atoms with Crippen molar-refractivity contribution in [1.29, 1.82) is 0 Å². The van der Waals surface area contributed by atoms with Crippen LogP contribution in [-0.2, 0) is 9.59 Å². The van der Waals surface area contributed by atoms with Crippen LogP contribution >= 0.6 is 0 Å². The molecular weight excluding hydrogens is 254 g/mol. The molecule has 0 aromatic carbocycles. The molecule has 2 saturated heterocycles. The highest BCUT2D eigenvalue weighted by Gasteiger charge is 2.36. The van der Waals surface area contributed by atoms with Gasteiger partial charge in [-0.2, -0.15) is 0 Å². The monoisotopic (exact) mass is 279 g/mol. The molecule has 5 heteroatoms. The third-order valence-electron chi connectivity index (χ3n) is 4.90. The number of carbonyl (C=O) groups excluding carboxylic acids is 2. The Kier molecular flexibility index (Phi) is 4.24. The molecule has 0 aromatic rings. The molecular formula is C15H25N3O2. The molecule has 20 heavy (non-hydrogen) atoms. The van der Waals surface area contributed by atoms with Crippen molar-refractivity contribution in [1.82, 2.24) is 15.5 Å². The summed E-state index contributed by atoms with van der Waals surface area (Å²) in [5.74, 6) is 0.298. The van der Waals surface area contributed by atoms with Gasteiger partial charge in [0, 0.05) is 19.0 Å². The first-order chi connectivity index (χ1) is 9.74. The average Bonchev–Trinajstić information content (AvgIpc) is 3.09. The van der Waals surface area contributed by atoms with Crippen LogP contribution in [0.4, 0.5) is 0 Å². The topological polar surface area (TPSA) is 61.4 Å². The van der Waals surface area contributed by atoms with Crippen molar-refractivity contribution in [3.63, 3.8) is 0 Å². The van der Waals surface area contributed by atoms with Gasteiger partial charge in [-0.3, -0.25) is 9.59 Å². The third-order valence-corrected chi connectivity index (χ3v) is 4.90. The van der Waals surface area contributed by atoms with Gasteiger partial charge in [0.25, 0.3) is 0 Å². The summed E-state index contributed by atoms with van der Waals surface area (Å²) in [5, 5.41) is 6.26. The molecule has 2 heterocycles. The van der Waals surface area contributed by atoms with Crippen LogP contribution in [0.3, 0.4) is 0 Å². The van der Waals surface area contributed by atoms with E-state index >= 15 is 0 Å². The minimum Gasteiger partial charge on any atom is -0.350 e. The van der Waals surface area contributed by atoms with Gasteiger partial charge in [0.05, 0.1) is 12.1 Å². The predicted molar refractivity (Wildman–Crippen MR) is 76.2 cm³/mol. The van der Waals surface area contributed by atoms with Gasteiger partial charge in [-0.1, -0.05) is 19.3 Å². The summed E-state index contributed by atoms with van der Waals surface area (Å²) < 4.78 is 0. The predicted octanol–water partition coefficient (Wildman–Crippen LogP) is 0.788. The van der Waals surface area contributed by atoms with E-state index in [0.717, 1.165) is 32.2 Å². The first kappa shape index (κ1) is 13.9. The van der Waals surface area contributed by atoms with Crippen molar-refractivity contribution in [3.8, 4) is 0 Å². The zero-order chi connectivity index (χ0) is 13.9. The molecule has 1 saturated carbocycles. The third kappa shape index (κ3) is 2.97. The Morgan fingerprint density at radius 1 is 1.15 bits per heavy atom. The second-order valence-electron chi connectivity index (χ2n) is 6.40. The number of carbonyl (C=O) groups is 2. The number of hydrogen-bond donors (Lipinski definition) is 2. The quantitative estimate of drug-likeness (QED) is 0.803. The maximum Gasteiger partial charge on any atom is 0.237 e. The smallest absolute Gasteiger partial charge is 0.237 e. The molecule has 0 radical (unpaired) electrons. The molecule has 5 nitrogen and oxygen atoms in total. The number of nitrogens with one attached hydrogen (secondary N) is 2. The van der Waals surface area contributed by atoms with E-state index in [1.807, 2.05) is 4.90 Å². The fourth-order valence-corrected chi connectivity index (χ4v) is 3.78. The van der Waals surface area contributed by atoms with E-state index < -0.39 is 0 Å². The summed E-state index contributed by atoms with van der Waals surface area (Å²) in [7, 11) is 0. The molecule has 3 fully saturated rings. The molecule has 3 aliphatic rings. The average molecular weight is 279 g/mol.